The lowest BCUT2D eigenvalue weighted by Gasteiger charge is -2.21. The average Bonchev–Trinajstić information content (AvgIpc) is 3.18. The van der Waals surface area contributed by atoms with Gasteiger partial charge >= 0.3 is 12.0 Å². The molecule has 108 valence electrons. The monoisotopic (exact) mass is 268 g/mol. The first-order valence-corrected chi connectivity index (χ1v) is 7.02. The van der Waals surface area contributed by atoms with Crippen LogP contribution in [0, 0.1) is 0 Å². The molecule has 5 nitrogen and oxygen atoms in total. The molecule has 2 amide bonds. The molecular formula is C14H24N2O3. The van der Waals surface area contributed by atoms with E-state index in [1.54, 1.807) is 6.08 Å². The van der Waals surface area contributed by atoms with Crippen molar-refractivity contribution in [3.05, 3.63) is 12.7 Å². The Hall–Kier alpha value is -1.52. The molecule has 0 bridgehead atoms. The summed E-state index contributed by atoms with van der Waals surface area (Å²) in [7, 11) is 0. The number of hydrogen-bond donors (Lipinski definition) is 2. The molecule has 0 spiro atoms. The molecule has 0 aromatic heterocycles. The third kappa shape index (κ3) is 6.84. The van der Waals surface area contributed by atoms with Crippen LogP contribution in [0.5, 0.6) is 0 Å². The van der Waals surface area contributed by atoms with E-state index in [0.717, 1.165) is 32.1 Å². The highest BCUT2D eigenvalue weighted by atomic mass is 16.4. The highest BCUT2D eigenvalue weighted by molar-refractivity contribution is 5.75. The number of amides is 2. The van der Waals surface area contributed by atoms with Crippen LogP contribution in [0.4, 0.5) is 4.79 Å². The first kappa shape index (κ1) is 15.5. The van der Waals surface area contributed by atoms with Crippen molar-refractivity contribution in [2.45, 2.75) is 51.0 Å². The van der Waals surface area contributed by atoms with E-state index in [0.29, 0.717) is 25.6 Å². The predicted octanol–water partition coefficient (Wildman–Crippen LogP) is 2.38. The summed E-state index contributed by atoms with van der Waals surface area (Å²) in [5, 5.41) is 11.4. The summed E-state index contributed by atoms with van der Waals surface area (Å²) < 4.78 is 0. The van der Waals surface area contributed by atoms with Crippen LogP contribution in [0.2, 0.25) is 0 Å². The summed E-state index contributed by atoms with van der Waals surface area (Å²) in [5.41, 5.74) is 0. The number of urea groups is 1. The van der Waals surface area contributed by atoms with Crippen LogP contribution in [-0.2, 0) is 4.79 Å². The fraction of sp³-hybridized carbons (Fsp3) is 0.714. The van der Waals surface area contributed by atoms with Crippen LogP contribution < -0.4 is 5.32 Å². The quantitative estimate of drug-likeness (QED) is 0.472. The van der Waals surface area contributed by atoms with Crippen LogP contribution in [0.1, 0.15) is 44.9 Å². The zero-order chi connectivity index (χ0) is 14.1. The molecule has 19 heavy (non-hydrogen) atoms. The van der Waals surface area contributed by atoms with Crippen molar-refractivity contribution in [1.29, 1.82) is 0 Å². The number of carbonyl (C=O) groups is 2. The predicted molar refractivity (Wildman–Crippen MR) is 74.0 cm³/mol. The highest BCUT2D eigenvalue weighted by Crippen LogP contribution is 2.26. The van der Waals surface area contributed by atoms with Gasteiger partial charge in [-0.1, -0.05) is 18.9 Å². The van der Waals surface area contributed by atoms with Crippen LogP contribution in [0.15, 0.2) is 12.7 Å². The Morgan fingerprint density at radius 2 is 1.95 bits per heavy atom. The highest BCUT2D eigenvalue weighted by Gasteiger charge is 2.31. The third-order valence-electron chi connectivity index (χ3n) is 3.17. The molecule has 5 heteroatoms. The summed E-state index contributed by atoms with van der Waals surface area (Å²) in [5.74, 6) is -0.738. The Morgan fingerprint density at radius 1 is 1.26 bits per heavy atom. The van der Waals surface area contributed by atoms with E-state index >= 15 is 0 Å². The molecule has 0 aromatic carbocycles. The average molecular weight is 268 g/mol. The van der Waals surface area contributed by atoms with Crippen molar-refractivity contribution < 1.29 is 14.7 Å². The number of hydrogen-bond acceptors (Lipinski definition) is 2. The van der Waals surface area contributed by atoms with E-state index in [4.69, 9.17) is 5.11 Å². The molecule has 0 heterocycles. The van der Waals surface area contributed by atoms with Crippen molar-refractivity contribution in [2.24, 2.45) is 0 Å². The maximum absolute atomic E-state index is 11.9. The van der Waals surface area contributed by atoms with Crippen molar-refractivity contribution >= 4 is 12.0 Å². The largest absolute Gasteiger partial charge is 0.481 e. The maximum atomic E-state index is 11.9. The Kier molecular flexibility index (Phi) is 7.00. The molecule has 0 saturated heterocycles. The Labute approximate surface area is 114 Å². The van der Waals surface area contributed by atoms with Crippen molar-refractivity contribution in [3.63, 3.8) is 0 Å². The first-order chi connectivity index (χ1) is 9.15. The van der Waals surface area contributed by atoms with E-state index in [9.17, 15) is 9.59 Å². The molecule has 0 aromatic rings. The smallest absolute Gasteiger partial charge is 0.317 e. The van der Waals surface area contributed by atoms with E-state index < -0.39 is 5.97 Å². The second-order valence-electron chi connectivity index (χ2n) is 4.96. The minimum atomic E-state index is -0.738. The number of carbonyl (C=O) groups excluding carboxylic acids is 1. The molecule has 1 saturated carbocycles. The fourth-order valence-electron chi connectivity index (χ4n) is 1.97. The molecule has 0 aliphatic heterocycles. The van der Waals surface area contributed by atoms with Gasteiger partial charge in [0.1, 0.15) is 0 Å². The molecule has 0 unspecified atom stereocenters. The normalized spacial score (nSPS) is 13.9. The third-order valence-corrected chi connectivity index (χ3v) is 3.17. The summed E-state index contributed by atoms with van der Waals surface area (Å²) >= 11 is 0. The lowest BCUT2D eigenvalue weighted by Crippen LogP contribution is -2.41. The molecule has 1 aliphatic rings. The molecule has 1 rings (SSSR count). The van der Waals surface area contributed by atoms with Gasteiger partial charge in [-0.3, -0.25) is 4.79 Å². The van der Waals surface area contributed by atoms with Crippen LogP contribution in [0.25, 0.3) is 0 Å². The van der Waals surface area contributed by atoms with Gasteiger partial charge in [-0.25, -0.2) is 4.79 Å². The fourth-order valence-corrected chi connectivity index (χ4v) is 1.97. The van der Waals surface area contributed by atoms with Crippen LogP contribution in [0.3, 0.4) is 0 Å². The van der Waals surface area contributed by atoms with E-state index in [2.05, 4.69) is 11.9 Å². The number of aliphatic carboxylic acids is 1. The van der Waals surface area contributed by atoms with Crippen LogP contribution in [-0.4, -0.2) is 41.1 Å². The number of nitrogens with zero attached hydrogens (tertiary/aromatic N) is 1. The zero-order valence-corrected chi connectivity index (χ0v) is 11.4. The number of nitrogens with one attached hydrogen (secondary N) is 1. The van der Waals surface area contributed by atoms with Gasteiger partial charge in [0.2, 0.25) is 0 Å². The Balaban J connectivity index is 2.02. The van der Waals surface area contributed by atoms with Gasteiger partial charge in [0.05, 0.1) is 0 Å². The van der Waals surface area contributed by atoms with Gasteiger partial charge < -0.3 is 15.3 Å². The van der Waals surface area contributed by atoms with Crippen molar-refractivity contribution in [3.8, 4) is 0 Å². The van der Waals surface area contributed by atoms with Crippen LogP contribution >= 0.6 is 0 Å². The first-order valence-electron chi connectivity index (χ1n) is 7.02. The summed E-state index contributed by atoms with van der Waals surface area (Å²) in [4.78, 5) is 24.0. The standard InChI is InChI=1S/C14H24N2O3/c1-2-11-16(12-8-9-12)14(19)15-10-6-4-3-5-7-13(17)18/h2,12H,1,3-11H2,(H,15,19)(H,17,18). The van der Waals surface area contributed by atoms with Crippen molar-refractivity contribution in [1.82, 2.24) is 10.2 Å². The molecule has 0 atom stereocenters. The Morgan fingerprint density at radius 3 is 2.53 bits per heavy atom. The zero-order valence-electron chi connectivity index (χ0n) is 11.4. The Bertz CT molecular complexity index is 314. The minimum absolute atomic E-state index is 0.00654. The number of unbranched alkanes of at least 4 members (excludes halogenated alkanes) is 3. The molecule has 0 radical (unpaired) electrons. The van der Waals surface area contributed by atoms with Gasteiger partial charge in [-0.15, -0.1) is 6.58 Å². The van der Waals surface area contributed by atoms with Gasteiger partial charge in [0.25, 0.3) is 0 Å². The number of rotatable bonds is 10. The second-order valence-corrected chi connectivity index (χ2v) is 4.96. The SMILES string of the molecule is C=CCN(C(=O)NCCCCCCC(=O)O)C1CC1. The number of carboxylic acids is 1. The maximum Gasteiger partial charge on any atom is 0.317 e. The number of carboxylic acid groups (broad SMARTS) is 1. The van der Waals surface area contributed by atoms with Crippen molar-refractivity contribution in [2.75, 3.05) is 13.1 Å². The summed E-state index contributed by atoms with van der Waals surface area (Å²) in [6.45, 7) is 4.93. The molecule has 2 N–H and O–H groups in total. The van der Waals surface area contributed by atoms with Gasteiger partial charge in [0.15, 0.2) is 0 Å². The lowest BCUT2D eigenvalue weighted by atomic mass is 10.1. The molecular weight excluding hydrogens is 244 g/mol. The minimum Gasteiger partial charge on any atom is -0.481 e. The topological polar surface area (TPSA) is 69.6 Å². The lowest BCUT2D eigenvalue weighted by molar-refractivity contribution is -0.137. The molecule has 1 aliphatic carbocycles. The van der Waals surface area contributed by atoms with E-state index in [-0.39, 0.29) is 12.5 Å². The van der Waals surface area contributed by atoms with E-state index in [1.807, 2.05) is 4.90 Å². The second kappa shape index (κ2) is 8.56. The van der Waals surface area contributed by atoms with Gasteiger partial charge in [0, 0.05) is 25.6 Å². The van der Waals surface area contributed by atoms with Gasteiger partial charge in [-0.2, -0.15) is 0 Å². The molecule has 1 fully saturated rings. The summed E-state index contributed by atoms with van der Waals surface area (Å²) in [6, 6.07) is 0.390. The van der Waals surface area contributed by atoms with E-state index in [1.165, 1.54) is 0 Å². The van der Waals surface area contributed by atoms with Gasteiger partial charge in [-0.05, 0) is 25.7 Å². The summed E-state index contributed by atoms with van der Waals surface area (Å²) in [6.07, 6.45) is 7.66.